The fourth-order valence-corrected chi connectivity index (χ4v) is 1.76. The molecule has 1 aliphatic heterocycles. The van der Waals surface area contributed by atoms with Crippen molar-refractivity contribution >= 4 is 11.9 Å². The molecule has 0 saturated carbocycles. The molecule has 1 aromatic carbocycles. The van der Waals surface area contributed by atoms with Gasteiger partial charge in [0.05, 0.1) is 5.56 Å². The summed E-state index contributed by atoms with van der Waals surface area (Å²) >= 11 is 0. The largest absolute Gasteiger partial charge is 0.448 e. The predicted molar refractivity (Wildman–Crippen MR) is 62.6 cm³/mol. The zero-order chi connectivity index (χ0) is 12.3. The third-order valence-corrected chi connectivity index (χ3v) is 2.60. The van der Waals surface area contributed by atoms with E-state index in [2.05, 4.69) is 11.9 Å². The van der Waals surface area contributed by atoms with Crippen LogP contribution in [0.15, 0.2) is 36.9 Å². The van der Waals surface area contributed by atoms with Crippen LogP contribution in [0.2, 0.25) is 0 Å². The van der Waals surface area contributed by atoms with Gasteiger partial charge in [0, 0.05) is 13.0 Å². The molecule has 0 bridgehead atoms. The van der Waals surface area contributed by atoms with E-state index in [0.717, 1.165) is 5.56 Å². The maximum absolute atomic E-state index is 11.7. The summed E-state index contributed by atoms with van der Waals surface area (Å²) in [4.78, 5) is 23.3. The number of nitrogens with one attached hydrogen (secondary N) is 1. The van der Waals surface area contributed by atoms with E-state index in [1.54, 1.807) is 18.2 Å². The third-order valence-electron chi connectivity index (χ3n) is 2.60. The highest BCUT2D eigenvalue weighted by atomic mass is 16.5. The van der Waals surface area contributed by atoms with Crippen molar-refractivity contribution in [3.8, 4) is 0 Å². The molecule has 1 aromatic rings. The lowest BCUT2D eigenvalue weighted by Gasteiger charge is -2.23. The van der Waals surface area contributed by atoms with E-state index in [0.29, 0.717) is 18.5 Å². The molecule has 17 heavy (non-hydrogen) atoms. The Morgan fingerprint density at radius 2 is 2.29 bits per heavy atom. The zero-order valence-corrected chi connectivity index (χ0v) is 9.31. The van der Waals surface area contributed by atoms with Gasteiger partial charge < -0.3 is 10.1 Å². The maximum atomic E-state index is 11.7. The summed E-state index contributed by atoms with van der Waals surface area (Å²) < 4.78 is 5.09. The Morgan fingerprint density at radius 1 is 1.53 bits per heavy atom. The molecule has 4 nitrogen and oxygen atoms in total. The summed E-state index contributed by atoms with van der Waals surface area (Å²) in [7, 11) is 0. The number of rotatable bonds is 3. The van der Waals surface area contributed by atoms with Gasteiger partial charge in [-0.25, -0.2) is 4.79 Å². The normalized spacial score (nSPS) is 17.9. The van der Waals surface area contributed by atoms with Crippen molar-refractivity contribution in [2.75, 3.05) is 6.54 Å². The van der Waals surface area contributed by atoms with E-state index in [1.807, 2.05) is 12.1 Å². The molecule has 1 N–H and O–H groups in total. The number of carbonyl (C=O) groups is 2. The second-order valence-electron chi connectivity index (χ2n) is 3.79. The second-order valence-corrected chi connectivity index (χ2v) is 3.79. The molecule has 2 rings (SSSR count). The minimum absolute atomic E-state index is 0.284. The van der Waals surface area contributed by atoms with Crippen molar-refractivity contribution in [1.82, 2.24) is 5.32 Å². The molecule has 1 atom stereocenters. The van der Waals surface area contributed by atoms with Crippen LogP contribution in [0.25, 0.3) is 0 Å². The molecule has 0 unspecified atom stereocenters. The number of carbonyl (C=O) groups excluding carboxylic acids is 2. The molecule has 0 aromatic heterocycles. The van der Waals surface area contributed by atoms with Crippen molar-refractivity contribution in [1.29, 1.82) is 0 Å². The number of benzene rings is 1. The SMILES string of the molecule is C=CCNC(=O)[C@H]1Cc2ccccc2C(=O)O1. The number of esters is 1. The van der Waals surface area contributed by atoms with Gasteiger partial charge >= 0.3 is 5.97 Å². The topological polar surface area (TPSA) is 55.4 Å². The average molecular weight is 231 g/mol. The Balaban J connectivity index is 2.14. The summed E-state index contributed by atoms with van der Waals surface area (Å²) in [6, 6.07) is 7.16. The Morgan fingerprint density at radius 3 is 3.06 bits per heavy atom. The summed E-state index contributed by atoms with van der Waals surface area (Å²) in [6.45, 7) is 3.88. The Labute approximate surface area is 99.3 Å². The molecule has 1 amide bonds. The fourth-order valence-electron chi connectivity index (χ4n) is 1.76. The van der Waals surface area contributed by atoms with Crippen LogP contribution >= 0.6 is 0 Å². The van der Waals surface area contributed by atoms with E-state index < -0.39 is 12.1 Å². The number of fused-ring (bicyclic) bond motifs is 1. The quantitative estimate of drug-likeness (QED) is 0.625. The lowest BCUT2D eigenvalue weighted by molar-refractivity contribution is -0.130. The monoisotopic (exact) mass is 231 g/mol. The Kier molecular flexibility index (Phi) is 3.23. The van der Waals surface area contributed by atoms with Crippen molar-refractivity contribution in [2.24, 2.45) is 0 Å². The van der Waals surface area contributed by atoms with Crippen molar-refractivity contribution in [2.45, 2.75) is 12.5 Å². The maximum Gasteiger partial charge on any atom is 0.339 e. The van der Waals surface area contributed by atoms with Gasteiger partial charge in [0.25, 0.3) is 5.91 Å². The van der Waals surface area contributed by atoms with Crippen molar-refractivity contribution in [3.05, 3.63) is 48.0 Å². The van der Waals surface area contributed by atoms with Crippen LogP contribution in [0.1, 0.15) is 15.9 Å². The predicted octanol–water partition coefficient (Wildman–Crippen LogP) is 1.07. The van der Waals surface area contributed by atoms with E-state index >= 15 is 0 Å². The Bertz CT molecular complexity index is 467. The lowest BCUT2D eigenvalue weighted by Crippen LogP contribution is -2.41. The second kappa shape index (κ2) is 4.82. The van der Waals surface area contributed by atoms with Crippen LogP contribution in [0, 0.1) is 0 Å². The zero-order valence-electron chi connectivity index (χ0n) is 9.31. The fraction of sp³-hybridized carbons (Fsp3) is 0.231. The molecule has 0 spiro atoms. The van der Waals surface area contributed by atoms with Gasteiger partial charge in [0.2, 0.25) is 0 Å². The Hall–Kier alpha value is -2.10. The first kappa shape index (κ1) is 11.4. The summed E-state index contributed by atoms with van der Waals surface area (Å²) in [5, 5.41) is 2.62. The molecular formula is C13H13NO3. The molecule has 0 saturated heterocycles. The van der Waals surface area contributed by atoms with Gasteiger partial charge in [-0.05, 0) is 11.6 Å². The molecule has 1 heterocycles. The highest BCUT2D eigenvalue weighted by molar-refractivity contribution is 5.95. The lowest BCUT2D eigenvalue weighted by atomic mass is 9.98. The number of hydrogen-bond donors (Lipinski definition) is 1. The minimum Gasteiger partial charge on any atom is -0.448 e. The van der Waals surface area contributed by atoms with Gasteiger partial charge in [-0.3, -0.25) is 4.79 Å². The van der Waals surface area contributed by atoms with E-state index in [1.165, 1.54) is 0 Å². The van der Waals surface area contributed by atoms with E-state index in [4.69, 9.17) is 4.74 Å². The molecule has 1 aliphatic rings. The molecule has 4 heteroatoms. The number of cyclic esters (lactones) is 1. The van der Waals surface area contributed by atoms with Gasteiger partial charge in [-0.15, -0.1) is 6.58 Å². The standard InChI is InChI=1S/C13H13NO3/c1-2-7-14-12(15)11-8-9-5-3-4-6-10(9)13(16)17-11/h2-6,11H,1,7-8H2,(H,14,15)/t11-/m1/s1. The summed E-state index contributed by atoms with van der Waals surface area (Å²) in [5.74, 6) is -0.724. The first-order valence-corrected chi connectivity index (χ1v) is 5.40. The van der Waals surface area contributed by atoms with E-state index in [9.17, 15) is 9.59 Å². The van der Waals surface area contributed by atoms with Crippen molar-refractivity contribution < 1.29 is 14.3 Å². The molecule has 0 radical (unpaired) electrons. The smallest absolute Gasteiger partial charge is 0.339 e. The van der Waals surface area contributed by atoms with Crippen LogP contribution in [0.5, 0.6) is 0 Å². The third kappa shape index (κ3) is 2.36. The highest BCUT2D eigenvalue weighted by Gasteiger charge is 2.30. The van der Waals surface area contributed by atoms with Crippen LogP contribution < -0.4 is 5.32 Å². The van der Waals surface area contributed by atoms with Gasteiger partial charge in [-0.1, -0.05) is 24.3 Å². The van der Waals surface area contributed by atoms with Gasteiger partial charge in [0.15, 0.2) is 6.10 Å². The first-order valence-electron chi connectivity index (χ1n) is 5.40. The summed E-state index contributed by atoms with van der Waals surface area (Å²) in [5.41, 5.74) is 1.39. The molecule has 0 aliphatic carbocycles. The van der Waals surface area contributed by atoms with Crippen LogP contribution in [-0.2, 0) is 16.0 Å². The highest BCUT2D eigenvalue weighted by Crippen LogP contribution is 2.20. The average Bonchev–Trinajstić information content (AvgIpc) is 2.36. The minimum atomic E-state index is -0.739. The first-order chi connectivity index (χ1) is 8.22. The number of amides is 1. The van der Waals surface area contributed by atoms with E-state index in [-0.39, 0.29) is 5.91 Å². The summed E-state index contributed by atoms with van der Waals surface area (Å²) in [6.07, 6.45) is 1.26. The van der Waals surface area contributed by atoms with Crippen LogP contribution in [0.3, 0.4) is 0 Å². The van der Waals surface area contributed by atoms with Gasteiger partial charge in [0.1, 0.15) is 0 Å². The van der Waals surface area contributed by atoms with Crippen LogP contribution in [-0.4, -0.2) is 24.5 Å². The molecule has 88 valence electrons. The number of hydrogen-bond acceptors (Lipinski definition) is 3. The van der Waals surface area contributed by atoms with Crippen molar-refractivity contribution in [3.63, 3.8) is 0 Å². The molecule has 0 fully saturated rings. The number of ether oxygens (including phenoxy) is 1. The van der Waals surface area contributed by atoms with Crippen LogP contribution in [0.4, 0.5) is 0 Å². The molecular weight excluding hydrogens is 218 g/mol. The van der Waals surface area contributed by atoms with Gasteiger partial charge in [-0.2, -0.15) is 0 Å².